The SMILES string of the molecule is C/C(=N\Oc1cc(-c2cc3c([nH]2)CCNC3=O)ccn1)c1ccccc1.O=C(O)C(F)(F)F. The first-order valence-electron chi connectivity index (χ1n) is 9.69. The molecule has 0 radical (unpaired) electrons. The molecule has 172 valence electrons. The van der Waals surface area contributed by atoms with Gasteiger partial charge in [-0.1, -0.05) is 35.5 Å². The largest absolute Gasteiger partial charge is 0.490 e. The number of hydrogen-bond donors (Lipinski definition) is 3. The summed E-state index contributed by atoms with van der Waals surface area (Å²) >= 11 is 0. The lowest BCUT2D eigenvalue weighted by molar-refractivity contribution is -0.192. The highest BCUT2D eigenvalue weighted by Crippen LogP contribution is 2.26. The number of rotatable bonds is 4. The molecule has 0 saturated heterocycles. The standard InChI is InChI=1S/C20H18N4O2.C2HF3O2/c1-13(14-5-3-2-4-6-14)24-26-19-11-15(7-9-21-19)18-12-16-17(23-18)8-10-22-20(16)25;3-2(4,5)1(6)7/h2-7,9,11-12,23H,8,10H2,1H3,(H,22,25);(H,6,7)/b24-13+;. The molecule has 0 saturated carbocycles. The van der Waals surface area contributed by atoms with Gasteiger partial charge in [-0.05, 0) is 24.6 Å². The summed E-state index contributed by atoms with van der Waals surface area (Å²) in [5, 5.41) is 14.1. The quantitative estimate of drug-likeness (QED) is 0.405. The van der Waals surface area contributed by atoms with Gasteiger partial charge in [0.1, 0.15) is 0 Å². The molecular weight excluding hydrogens is 441 g/mol. The fraction of sp³-hybridized carbons (Fsp3) is 0.182. The van der Waals surface area contributed by atoms with Crippen molar-refractivity contribution in [2.75, 3.05) is 6.54 Å². The topological polar surface area (TPSA) is 117 Å². The Hall–Kier alpha value is -4.15. The van der Waals surface area contributed by atoms with Crippen LogP contribution in [0.1, 0.15) is 28.5 Å². The Labute approximate surface area is 186 Å². The van der Waals surface area contributed by atoms with Crippen LogP contribution in [-0.2, 0) is 11.2 Å². The molecule has 3 heterocycles. The number of aliphatic carboxylic acids is 1. The molecule has 1 amide bonds. The summed E-state index contributed by atoms with van der Waals surface area (Å²) in [6.45, 7) is 2.54. The van der Waals surface area contributed by atoms with Gasteiger partial charge >= 0.3 is 12.1 Å². The number of amides is 1. The molecule has 1 aromatic carbocycles. The Morgan fingerprint density at radius 1 is 1.18 bits per heavy atom. The Morgan fingerprint density at radius 2 is 1.88 bits per heavy atom. The predicted octanol–water partition coefficient (Wildman–Crippen LogP) is 3.80. The highest BCUT2D eigenvalue weighted by molar-refractivity contribution is 5.98. The fourth-order valence-corrected chi connectivity index (χ4v) is 2.92. The number of carbonyl (C=O) groups excluding carboxylic acids is 1. The Kier molecular flexibility index (Phi) is 7.11. The van der Waals surface area contributed by atoms with Crippen molar-refractivity contribution in [1.29, 1.82) is 0 Å². The van der Waals surface area contributed by atoms with E-state index in [4.69, 9.17) is 14.7 Å². The number of aromatic amines is 1. The van der Waals surface area contributed by atoms with E-state index in [1.807, 2.05) is 49.4 Å². The number of carboxylic acid groups (broad SMARTS) is 1. The molecule has 11 heteroatoms. The molecule has 0 spiro atoms. The summed E-state index contributed by atoms with van der Waals surface area (Å²) in [6, 6.07) is 15.3. The van der Waals surface area contributed by atoms with Gasteiger partial charge in [-0.3, -0.25) is 4.79 Å². The number of H-pyrrole nitrogens is 1. The maximum absolute atomic E-state index is 11.9. The second kappa shape index (κ2) is 9.98. The molecule has 0 aliphatic carbocycles. The minimum absolute atomic E-state index is 0.0395. The van der Waals surface area contributed by atoms with Gasteiger partial charge in [0.05, 0.1) is 11.3 Å². The molecule has 1 aliphatic heterocycles. The summed E-state index contributed by atoms with van der Waals surface area (Å²) in [5.41, 5.74) is 5.17. The molecule has 0 fully saturated rings. The van der Waals surface area contributed by atoms with Crippen LogP contribution in [0.5, 0.6) is 5.88 Å². The third-order valence-electron chi connectivity index (χ3n) is 4.56. The molecule has 4 rings (SSSR count). The zero-order chi connectivity index (χ0) is 24.0. The first kappa shape index (κ1) is 23.5. The van der Waals surface area contributed by atoms with E-state index in [1.165, 1.54) is 0 Å². The molecule has 3 aromatic rings. The van der Waals surface area contributed by atoms with Crippen molar-refractivity contribution in [2.24, 2.45) is 5.16 Å². The summed E-state index contributed by atoms with van der Waals surface area (Å²) < 4.78 is 31.7. The number of aromatic nitrogens is 2. The van der Waals surface area contributed by atoms with E-state index < -0.39 is 12.1 Å². The van der Waals surface area contributed by atoms with E-state index in [-0.39, 0.29) is 5.91 Å². The third kappa shape index (κ3) is 6.19. The van der Waals surface area contributed by atoms with Gasteiger partial charge in [0.15, 0.2) is 0 Å². The first-order chi connectivity index (χ1) is 15.6. The van der Waals surface area contributed by atoms with Crippen LogP contribution in [-0.4, -0.2) is 45.4 Å². The molecule has 8 nitrogen and oxygen atoms in total. The van der Waals surface area contributed by atoms with Crippen molar-refractivity contribution >= 4 is 17.6 Å². The molecule has 2 aromatic heterocycles. The molecule has 1 aliphatic rings. The smallest absolute Gasteiger partial charge is 0.475 e. The molecule has 0 bridgehead atoms. The van der Waals surface area contributed by atoms with Gasteiger partial charge in [0.2, 0.25) is 5.88 Å². The summed E-state index contributed by atoms with van der Waals surface area (Å²) in [4.78, 5) is 33.8. The predicted molar refractivity (Wildman–Crippen MR) is 113 cm³/mol. The monoisotopic (exact) mass is 460 g/mol. The number of nitrogens with one attached hydrogen (secondary N) is 2. The highest BCUT2D eigenvalue weighted by atomic mass is 19.4. The average molecular weight is 460 g/mol. The summed E-state index contributed by atoms with van der Waals surface area (Å²) in [6.07, 6.45) is -2.62. The second-order valence-corrected chi connectivity index (χ2v) is 6.90. The van der Waals surface area contributed by atoms with E-state index in [2.05, 4.69) is 20.4 Å². The second-order valence-electron chi connectivity index (χ2n) is 6.90. The van der Waals surface area contributed by atoms with Gasteiger partial charge in [0, 0.05) is 42.2 Å². The summed E-state index contributed by atoms with van der Waals surface area (Å²) in [5.74, 6) is -2.40. The number of benzene rings is 1. The first-order valence-corrected chi connectivity index (χ1v) is 9.69. The van der Waals surface area contributed by atoms with E-state index in [9.17, 15) is 18.0 Å². The Balaban J connectivity index is 0.000000383. The van der Waals surface area contributed by atoms with Crippen molar-refractivity contribution in [1.82, 2.24) is 15.3 Å². The van der Waals surface area contributed by atoms with E-state index in [0.29, 0.717) is 18.0 Å². The van der Waals surface area contributed by atoms with Crippen LogP contribution in [0.3, 0.4) is 0 Å². The number of hydrogen-bond acceptors (Lipinski definition) is 5. The fourth-order valence-electron chi connectivity index (χ4n) is 2.92. The Morgan fingerprint density at radius 3 is 2.52 bits per heavy atom. The van der Waals surface area contributed by atoms with Crippen molar-refractivity contribution in [3.63, 3.8) is 0 Å². The number of fused-ring (bicyclic) bond motifs is 1. The van der Waals surface area contributed by atoms with Gasteiger partial charge in [-0.15, -0.1) is 0 Å². The van der Waals surface area contributed by atoms with Crippen molar-refractivity contribution in [3.05, 3.63) is 71.5 Å². The molecule has 3 N–H and O–H groups in total. The number of pyridine rings is 1. The van der Waals surface area contributed by atoms with Crippen LogP contribution >= 0.6 is 0 Å². The number of carboxylic acids is 1. The lowest BCUT2D eigenvalue weighted by atomic mass is 10.1. The van der Waals surface area contributed by atoms with E-state index >= 15 is 0 Å². The van der Waals surface area contributed by atoms with Crippen molar-refractivity contribution in [2.45, 2.75) is 19.5 Å². The number of oxime groups is 1. The van der Waals surface area contributed by atoms with Gasteiger partial charge in [-0.25, -0.2) is 9.78 Å². The van der Waals surface area contributed by atoms with Gasteiger partial charge in [0.25, 0.3) is 5.91 Å². The van der Waals surface area contributed by atoms with E-state index in [1.54, 1.807) is 12.3 Å². The average Bonchev–Trinajstić information content (AvgIpc) is 3.24. The minimum Gasteiger partial charge on any atom is -0.475 e. The van der Waals surface area contributed by atoms with Crippen LogP contribution in [0.15, 0.2) is 59.9 Å². The van der Waals surface area contributed by atoms with Crippen LogP contribution in [0.4, 0.5) is 13.2 Å². The number of halogens is 3. The van der Waals surface area contributed by atoms with Crippen molar-refractivity contribution in [3.8, 4) is 17.1 Å². The normalized spacial score (nSPS) is 13.3. The third-order valence-corrected chi connectivity index (χ3v) is 4.56. The number of carbonyl (C=O) groups is 2. The van der Waals surface area contributed by atoms with Crippen LogP contribution in [0.25, 0.3) is 11.3 Å². The number of alkyl halides is 3. The number of nitrogens with zero attached hydrogens (tertiary/aromatic N) is 2. The maximum Gasteiger partial charge on any atom is 0.490 e. The molecule has 0 atom stereocenters. The van der Waals surface area contributed by atoms with E-state index in [0.717, 1.165) is 34.6 Å². The summed E-state index contributed by atoms with van der Waals surface area (Å²) in [7, 11) is 0. The molecular formula is C22H19F3N4O4. The van der Waals surface area contributed by atoms with Crippen LogP contribution in [0.2, 0.25) is 0 Å². The highest BCUT2D eigenvalue weighted by Gasteiger charge is 2.38. The molecule has 33 heavy (non-hydrogen) atoms. The zero-order valence-corrected chi connectivity index (χ0v) is 17.3. The maximum atomic E-state index is 11.9. The molecule has 0 unspecified atom stereocenters. The Bertz CT molecular complexity index is 1170. The lowest BCUT2D eigenvalue weighted by Crippen LogP contribution is -2.31. The van der Waals surface area contributed by atoms with Crippen LogP contribution < -0.4 is 10.2 Å². The minimum atomic E-state index is -5.08. The lowest BCUT2D eigenvalue weighted by Gasteiger charge is -2.10. The van der Waals surface area contributed by atoms with Crippen LogP contribution in [0, 0.1) is 0 Å². The van der Waals surface area contributed by atoms with Crippen molar-refractivity contribution < 1.29 is 32.7 Å². The van der Waals surface area contributed by atoms with Gasteiger partial charge in [-0.2, -0.15) is 13.2 Å². The van der Waals surface area contributed by atoms with Gasteiger partial charge < -0.3 is 20.2 Å². The zero-order valence-electron chi connectivity index (χ0n) is 17.3.